The van der Waals surface area contributed by atoms with Crippen molar-refractivity contribution in [2.45, 2.75) is 59.8 Å². The first-order valence-electron chi connectivity index (χ1n) is 8.19. The van der Waals surface area contributed by atoms with Crippen LogP contribution < -0.4 is 0 Å². The number of allylic oxidation sites excluding steroid dienone is 1. The minimum Gasteiger partial charge on any atom is -0.508 e. The minimum atomic E-state index is -0.470. The average molecular weight is 324 g/mol. The topological polar surface area (TPSA) is 55.8 Å². The summed E-state index contributed by atoms with van der Waals surface area (Å²) in [6.07, 6.45) is 6.17. The van der Waals surface area contributed by atoms with Crippen LogP contribution in [0.2, 0.25) is 0 Å². The van der Waals surface area contributed by atoms with E-state index in [2.05, 4.69) is 23.3 Å². The van der Waals surface area contributed by atoms with Crippen molar-refractivity contribution in [3.8, 4) is 5.75 Å². The lowest BCUT2D eigenvalue weighted by Crippen LogP contribution is -2.07. The van der Waals surface area contributed by atoms with Gasteiger partial charge in [-0.2, -0.15) is 4.89 Å². The van der Waals surface area contributed by atoms with Gasteiger partial charge in [0.2, 0.25) is 0 Å². The van der Waals surface area contributed by atoms with Crippen molar-refractivity contribution in [3.05, 3.63) is 42.0 Å². The Morgan fingerprint density at radius 1 is 1.22 bits per heavy atom. The highest BCUT2D eigenvalue weighted by Crippen LogP contribution is 2.18. The highest BCUT2D eigenvalue weighted by atomic mass is 17.2. The Labute approximate surface area is 141 Å². The van der Waals surface area contributed by atoms with Gasteiger partial charge in [-0.15, -0.1) is 6.58 Å². The van der Waals surface area contributed by atoms with Crippen LogP contribution in [0.15, 0.2) is 30.9 Å². The second-order valence-electron chi connectivity index (χ2n) is 4.67. The number of carbonyl (C=O) groups is 1. The van der Waals surface area contributed by atoms with E-state index in [9.17, 15) is 9.90 Å². The molecule has 0 saturated carbocycles. The second kappa shape index (κ2) is 16.6. The molecule has 0 spiro atoms. The molecule has 0 aliphatic heterocycles. The number of aryl methyl sites for hydroxylation is 1. The molecule has 0 atom stereocenters. The van der Waals surface area contributed by atoms with Gasteiger partial charge in [0.05, 0.1) is 13.5 Å². The molecule has 0 bridgehead atoms. The quantitative estimate of drug-likeness (QED) is 0.332. The Morgan fingerprint density at radius 3 is 2.30 bits per heavy atom. The maximum Gasteiger partial charge on any atom is 0.346 e. The lowest BCUT2D eigenvalue weighted by atomic mass is 10.0. The van der Waals surface area contributed by atoms with Crippen LogP contribution >= 0.6 is 0 Å². The van der Waals surface area contributed by atoms with E-state index >= 15 is 0 Å². The van der Waals surface area contributed by atoms with Crippen LogP contribution in [0.1, 0.15) is 58.1 Å². The molecule has 4 nitrogen and oxygen atoms in total. The molecule has 0 aliphatic carbocycles. The molecule has 0 aromatic heterocycles. The molecule has 0 radical (unpaired) electrons. The molecule has 1 rings (SSSR count). The normalized spacial score (nSPS) is 8.91. The van der Waals surface area contributed by atoms with Gasteiger partial charge in [0.1, 0.15) is 5.75 Å². The van der Waals surface area contributed by atoms with Crippen LogP contribution in [-0.2, 0) is 27.4 Å². The Hall–Kier alpha value is -1.81. The van der Waals surface area contributed by atoms with Gasteiger partial charge in [-0.3, -0.25) is 4.89 Å². The highest BCUT2D eigenvalue weighted by Gasteiger charge is 2.08. The van der Waals surface area contributed by atoms with E-state index in [1.165, 1.54) is 7.11 Å². The number of carbonyl (C=O) groups excluding carboxylic acids is 1. The number of rotatable bonds is 7. The molecule has 0 fully saturated rings. The summed E-state index contributed by atoms with van der Waals surface area (Å²) in [4.78, 5) is 20.0. The molecular formula is C19H32O4. The summed E-state index contributed by atoms with van der Waals surface area (Å²) in [6, 6.07) is 5.23. The number of phenols is 1. The zero-order valence-electron chi connectivity index (χ0n) is 15.2. The molecule has 0 aliphatic rings. The van der Waals surface area contributed by atoms with Gasteiger partial charge >= 0.3 is 5.97 Å². The summed E-state index contributed by atoms with van der Waals surface area (Å²) in [5.41, 5.74) is 1.78. The number of unbranched alkanes of at least 4 members (excludes halogenated alkanes) is 2. The van der Waals surface area contributed by atoms with Gasteiger partial charge in [0, 0.05) is 0 Å². The maximum atomic E-state index is 11.3. The molecule has 1 aromatic rings. The lowest BCUT2D eigenvalue weighted by Gasteiger charge is -2.06. The van der Waals surface area contributed by atoms with Crippen molar-refractivity contribution >= 4 is 5.97 Å². The zero-order valence-corrected chi connectivity index (χ0v) is 15.2. The molecule has 4 heteroatoms. The summed E-state index contributed by atoms with van der Waals surface area (Å²) in [6.45, 7) is 11.4. The maximum absolute atomic E-state index is 11.3. The summed E-state index contributed by atoms with van der Waals surface area (Å²) in [7, 11) is 1.29. The van der Waals surface area contributed by atoms with Gasteiger partial charge in [0.15, 0.2) is 0 Å². The smallest absolute Gasteiger partial charge is 0.346 e. The van der Waals surface area contributed by atoms with Gasteiger partial charge in [-0.05, 0) is 43.0 Å². The van der Waals surface area contributed by atoms with Gasteiger partial charge in [0.25, 0.3) is 0 Å². The van der Waals surface area contributed by atoms with Crippen LogP contribution in [-0.4, -0.2) is 18.2 Å². The zero-order chi connectivity index (χ0) is 18.1. The summed E-state index contributed by atoms with van der Waals surface area (Å²) in [5.74, 6) is -0.285. The molecule has 23 heavy (non-hydrogen) atoms. The number of hydrogen-bond acceptors (Lipinski definition) is 4. The number of benzene rings is 1. The molecule has 0 unspecified atom stereocenters. The van der Waals surface area contributed by atoms with Crippen LogP contribution in [0.5, 0.6) is 5.75 Å². The number of aromatic hydroxyl groups is 1. The standard InChI is InChI=1S/C14H20O4.C3H6.C2H6/c1-3-4-5-6-11-7-12(9-13(15)8-11)10-14(16)18-17-2;1-3-2;1-2/h7-9,15H,3-6,10H2,1-2H3;3H,1H2,2H3;1-2H3. The highest BCUT2D eigenvalue weighted by molar-refractivity contribution is 5.72. The second-order valence-corrected chi connectivity index (χ2v) is 4.67. The molecule has 1 aromatic carbocycles. The molecule has 0 saturated heterocycles. The predicted octanol–water partition coefficient (Wildman–Crippen LogP) is 4.99. The average Bonchev–Trinajstić information content (AvgIpc) is 2.50. The van der Waals surface area contributed by atoms with E-state index in [1.807, 2.05) is 26.8 Å². The molecule has 0 heterocycles. The van der Waals surface area contributed by atoms with E-state index in [1.54, 1.807) is 18.2 Å². The molecule has 0 amide bonds. The third-order valence-electron chi connectivity index (χ3n) is 2.63. The first-order valence-corrected chi connectivity index (χ1v) is 8.19. The van der Waals surface area contributed by atoms with Crippen LogP contribution in [0.4, 0.5) is 0 Å². The Bertz CT molecular complexity index is 427. The molecular weight excluding hydrogens is 292 g/mol. The lowest BCUT2D eigenvalue weighted by molar-refractivity contribution is -0.254. The third kappa shape index (κ3) is 13.6. The summed E-state index contributed by atoms with van der Waals surface area (Å²) < 4.78 is 0. The van der Waals surface area contributed by atoms with E-state index < -0.39 is 5.97 Å². The van der Waals surface area contributed by atoms with Crippen molar-refractivity contribution in [1.29, 1.82) is 0 Å². The fraction of sp³-hybridized carbons (Fsp3) is 0.526. The number of hydrogen-bond donors (Lipinski definition) is 1. The summed E-state index contributed by atoms with van der Waals surface area (Å²) >= 11 is 0. The fourth-order valence-corrected chi connectivity index (χ4v) is 1.86. The Balaban J connectivity index is 0. The minimum absolute atomic E-state index is 0.100. The van der Waals surface area contributed by atoms with Gasteiger partial charge in [-0.1, -0.05) is 45.8 Å². The monoisotopic (exact) mass is 324 g/mol. The SMILES string of the molecule is C=CC.CC.CCCCCc1cc(O)cc(CC(=O)OOC)c1. The van der Waals surface area contributed by atoms with Crippen LogP contribution in [0.3, 0.4) is 0 Å². The van der Waals surface area contributed by atoms with E-state index in [0.717, 1.165) is 36.8 Å². The largest absolute Gasteiger partial charge is 0.508 e. The molecule has 1 N–H and O–H groups in total. The predicted molar refractivity (Wildman–Crippen MR) is 95.4 cm³/mol. The molecule has 132 valence electrons. The van der Waals surface area contributed by atoms with Crippen molar-refractivity contribution in [2.75, 3.05) is 7.11 Å². The summed E-state index contributed by atoms with van der Waals surface area (Å²) in [5, 5.41) is 9.61. The Kier molecular flexibility index (Phi) is 16.9. The van der Waals surface area contributed by atoms with Gasteiger partial charge in [-0.25, -0.2) is 4.79 Å². The van der Waals surface area contributed by atoms with Crippen LogP contribution in [0, 0.1) is 0 Å². The van der Waals surface area contributed by atoms with Crippen LogP contribution in [0.25, 0.3) is 0 Å². The van der Waals surface area contributed by atoms with E-state index in [0.29, 0.717) is 0 Å². The Morgan fingerprint density at radius 2 is 1.78 bits per heavy atom. The van der Waals surface area contributed by atoms with E-state index in [-0.39, 0.29) is 12.2 Å². The van der Waals surface area contributed by atoms with Gasteiger partial charge < -0.3 is 5.11 Å². The third-order valence-corrected chi connectivity index (χ3v) is 2.63. The number of phenolic OH excluding ortho intramolecular Hbond substituents is 1. The fourth-order valence-electron chi connectivity index (χ4n) is 1.86. The van der Waals surface area contributed by atoms with Crippen molar-refractivity contribution in [2.24, 2.45) is 0 Å². The van der Waals surface area contributed by atoms with E-state index in [4.69, 9.17) is 0 Å². The first-order chi connectivity index (χ1) is 11.1. The van der Waals surface area contributed by atoms with Crippen molar-refractivity contribution in [3.63, 3.8) is 0 Å². The van der Waals surface area contributed by atoms with Crippen molar-refractivity contribution in [1.82, 2.24) is 0 Å². The van der Waals surface area contributed by atoms with Crippen molar-refractivity contribution < 1.29 is 19.7 Å². The first kappa shape index (κ1) is 23.5.